The molecule has 3 atom stereocenters. The molecule has 1 unspecified atom stereocenters. The highest BCUT2D eigenvalue weighted by molar-refractivity contribution is 5.81. The average molecular weight is 313 g/mol. The normalized spacial score (nSPS) is 30.5. The second kappa shape index (κ2) is 6.23. The standard InChI is InChI=1S/C19H27N3O/c1-21(11-14-4-3-9-20-10-14)18-6-2-5-16-12-22(13-17(16)18)19(23)15-7-8-15/h3-4,9-10,15-18H,2,5-8,11-13H2,1H3/t16-,17-,18?/m1/s1. The first-order valence-corrected chi connectivity index (χ1v) is 9.10. The molecule has 1 aromatic heterocycles. The van der Waals surface area contributed by atoms with Crippen LogP contribution in [0.2, 0.25) is 0 Å². The van der Waals surface area contributed by atoms with E-state index in [1.165, 1.54) is 24.8 Å². The minimum Gasteiger partial charge on any atom is -0.342 e. The van der Waals surface area contributed by atoms with Gasteiger partial charge in [0.25, 0.3) is 0 Å². The maximum atomic E-state index is 12.4. The van der Waals surface area contributed by atoms with Crippen molar-refractivity contribution in [1.82, 2.24) is 14.8 Å². The fourth-order valence-electron chi connectivity index (χ4n) is 4.65. The van der Waals surface area contributed by atoms with Crippen molar-refractivity contribution in [2.24, 2.45) is 17.8 Å². The molecule has 0 aromatic carbocycles. The lowest BCUT2D eigenvalue weighted by Crippen LogP contribution is -2.43. The topological polar surface area (TPSA) is 36.4 Å². The zero-order valence-corrected chi connectivity index (χ0v) is 14.0. The minimum atomic E-state index is 0.363. The summed E-state index contributed by atoms with van der Waals surface area (Å²) in [5, 5.41) is 0. The number of aromatic nitrogens is 1. The van der Waals surface area contributed by atoms with Gasteiger partial charge in [0, 0.05) is 44.0 Å². The van der Waals surface area contributed by atoms with Gasteiger partial charge in [-0.15, -0.1) is 0 Å². The zero-order valence-electron chi connectivity index (χ0n) is 14.0. The fraction of sp³-hybridized carbons (Fsp3) is 0.684. The van der Waals surface area contributed by atoms with Crippen molar-refractivity contribution in [3.05, 3.63) is 30.1 Å². The van der Waals surface area contributed by atoms with E-state index in [-0.39, 0.29) is 0 Å². The predicted molar refractivity (Wildman–Crippen MR) is 89.6 cm³/mol. The molecule has 23 heavy (non-hydrogen) atoms. The van der Waals surface area contributed by atoms with Gasteiger partial charge in [0.2, 0.25) is 5.91 Å². The molecule has 4 rings (SSSR count). The highest BCUT2D eigenvalue weighted by Crippen LogP contribution is 2.41. The molecule has 1 saturated heterocycles. The van der Waals surface area contributed by atoms with E-state index in [1.54, 1.807) is 0 Å². The number of amides is 1. The van der Waals surface area contributed by atoms with Gasteiger partial charge in [-0.05, 0) is 56.2 Å². The molecular formula is C19H27N3O. The second-order valence-corrected chi connectivity index (χ2v) is 7.72. The van der Waals surface area contributed by atoms with E-state index in [0.29, 0.717) is 29.7 Å². The number of hydrogen-bond acceptors (Lipinski definition) is 3. The summed E-state index contributed by atoms with van der Waals surface area (Å²) in [5.41, 5.74) is 1.28. The third-order valence-corrected chi connectivity index (χ3v) is 6.02. The monoisotopic (exact) mass is 313 g/mol. The largest absolute Gasteiger partial charge is 0.342 e. The molecule has 4 nitrogen and oxygen atoms in total. The third-order valence-electron chi connectivity index (χ3n) is 6.02. The van der Waals surface area contributed by atoms with Crippen LogP contribution in [-0.4, -0.2) is 46.9 Å². The summed E-state index contributed by atoms with van der Waals surface area (Å²) < 4.78 is 0. The first-order chi connectivity index (χ1) is 11.2. The van der Waals surface area contributed by atoms with Crippen LogP contribution in [0, 0.1) is 17.8 Å². The van der Waals surface area contributed by atoms with Crippen LogP contribution >= 0.6 is 0 Å². The smallest absolute Gasteiger partial charge is 0.225 e. The minimum absolute atomic E-state index is 0.363. The van der Waals surface area contributed by atoms with Crippen molar-refractivity contribution in [1.29, 1.82) is 0 Å². The summed E-state index contributed by atoms with van der Waals surface area (Å²) in [6.45, 7) is 2.96. The molecule has 2 heterocycles. The number of hydrogen-bond donors (Lipinski definition) is 0. The van der Waals surface area contributed by atoms with E-state index in [4.69, 9.17) is 0 Å². The van der Waals surface area contributed by atoms with Crippen LogP contribution in [-0.2, 0) is 11.3 Å². The third kappa shape index (κ3) is 3.14. The van der Waals surface area contributed by atoms with Crippen LogP contribution in [0.5, 0.6) is 0 Å². The number of carbonyl (C=O) groups excluding carboxylic acids is 1. The second-order valence-electron chi connectivity index (χ2n) is 7.72. The van der Waals surface area contributed by atoms with Gasteiger partial charge in [-0.25, -0.2) is 0 Å². The Morgan fingerprint density at radius 3 is 2.91 bits per heavy atom. The highest BCUT2D eigenvalue weighted by Gasteiger charge is 2.45. The van der Waals surface area contributed by atoms with Crippen LogP contribution in [0.3, 0.4) is 0 Å². The molecule has 2 saturated carbocycles. The molecular weight excluding hydrogens is 286 g/mol. The summed E-state index contributed by atoms with van der Waals surface area (Å²) in [7, 11) is 2.24. The number of likely N-dealkylation sites (tertiary alicyclic amines) is 1. The molecule has 1 aliphatic heterocycles. The molecule has 0 spiro atoms. The van der Waals surface area contributed by atoms with E-state index < -0.39 is 0 Å². The summed E-state index contributed by atoms with van der Waals surface area (Å²) in [4.78, 5) is 21.3. The van der Waals surface area contributed by atoms with Crippen molar-refractivity contribution >= 4 is 5.91 Å². The first kappa shape index (κ1) is 15.1. The highest BCUT2D eigenvalue weighted by atomic mass is 16.2. The SMILES string of the molecule is CN(Cc1cccnc1)C1CCC[C@@H]2CN(C(=O)C3CC3)C[C@@H]12. The van der Waals surface area contributed by atoms with E-state index >= 15 is 0 Å². The lowest BCUT2D eigenvalue weighted by atomic mass is 9.77. The number of rotatable bonds is 4. The Morgan fingerprint density at radius 2 is 2.17 bits per heavy atom. The van der Waals surface area contributed by atoms with E-state index in [2.05, 4.69) is 27.9 Å². The number of fused-ring (bicyclic) bond motifs is 1. The number of carbonyl (C=O) groups is 1. The molecule has 0 bridgehead atoms. The van der Waals surface area contributed by atoms with Crippen molar-refractivity contribution in [3.63, 3.8) is 0 Å². The van der Waals surface area contributed by atoms with Crippen LogP contribution in [0.1, 0.15) is 37.7 Å². The van der Waals surface area contributed by atoms with E-state index in [1.807, 2.05) is 18.5 Å². The Labute approximate surface area is 138 Å². The molecule has 3 aliphatic rings. The summed E-state index contributed by atoms with van der Waals surface area (Å²) in [6.07, 6.45) is 9.91. The van der Waals surface area contributed by atoms with E-state index in [0.717, 1.165) is 32.5 Å². The van der Waals surface area contributed by atoms with Gasteiger partial charge in [-0.3, -0.25) is 14.7 Å². The molecule has 3 fully saturated rings. The predicted octanol–water partition coefficient (Wildman–Crippen LogP) is 2.55. The Morgan fingerprint density at radius 1 is 1.30 bits per heavy atom. The van der Waals surface area contributed by atoms with Crippen LogP contribution in [0.15, 0.2) is 24.5 Å². The van der Waals surface area contributed by atoms with Crippen molar-refractivity contribution in [2.75, 3.05) is 20.1 Å². The molecule has 124 valence electrons. The Kier molecular flexibility index (Phi) is 4.10. The van der Waals surface area contributed by atoms with Gasteiger partial charge < -0.3 is 4.90 Å². The van der Waals surface area contributed by atoms with Gasteiger partial charge >= 0.3 is 0 Å². The quantitative estimate of drug-likeness (QED) is 0.857. The van der Waals surface area contributed by atoms with Gasteiger partial charge in [-0.1, -0.05) is 12.5 Å². The molecule has 2 aliphatic carbocycles. The summed E-state index contributed by atoms with van der Waals surface area (Å²) in [6, 6.07) is 4.77. The van der Waals surface area contributed by atoms with Crippen molar-refractivity contribution in [3.8, 4) is 0 Å². The first-order valence-electron chi connectivity index (χ1n) is 9.10. The van der Waals surface area contributed by atoms with Crippen LogP contribution in [0.4, 0.5) is 0 Å². The Bertz CT molecular complexity index is 557. The summed E-state index contributed by atoms with van der Waals surface area (Å²) >= 11 is 0. The fourth-order valence-corrected chi connectivity index (χ4v) is 4.65. The van der Waals surface area contributed by atoms with E-state index in [9.17, 15) is 4.79 Å². The van der Waals surface area contributed by atoms with Crippen molar-refractivity contribution in [2.45, 2.75) is 44.7 Å². The van der Waals surface area contributed by atoms with Crippen LogP contribution < -0.4 is 0 Å². The summed E-state index contributed by atoms with van der Waals surface area (Å²) in [5.74, 6) is 2.18. The Balaban J connectivity index is 1.43. The molecule has 0 N–H and O–H groups in total. The number of nitrogens with zero attached hydrogens (tertiary/aromatic N) is 3. The van der Waals surface area contributed by atoms with Gasteiger partial charge in [0.05, 0.1) is 0 Å². The maximum Gasteiger partial charge on any atom is 0.225 e. The lowest BCUT2D eigenvalue weighted by molar-refractivity contribution is -0.131. The van der Waals surface area contributed by atoms with Gasteiger partial charge in [-0.2, -0.15) is 0 Å². The molecule has 0 radical (unpaired) electrons. The molecule has 1 amide bonds. The van der Waals surface area contributed by atoms with Gasteiger partial charge in [0.15, 0.2) is 0 Å². The maximum absolute atomic E-state index is 12.4. The molecule has 1 aromatic rings. The molecule has 4 heteroatoms. The number of pyridine rings is 1. The van der Waals surface area contributed by atoms with Gasteiger partial charge in [0.1, 0.15) is 0 Å². The lowest BCUT2D eigenvalue weighted by Gasteiger charge is -2.39. The zero-order chi connectivity index (χ0) is 15.8. The Hall–Kier alpha value is -1.42. The van der Waals surface area contributed by atoms with Crippen molar-refractivity contribution < 1.29 is 4.79 Å². The van der Waals surface area contributed by atoms with Crippen LogP contribution in [0.25, 0.3) is 0 Å². The average Bonchev–Trinajstić information content (AvgIpc) is 3.32.